The largest absolute Gasteiger partial charge is 0.395 e. The van der Waals surface area contributed by atoms with Gasteiger partial charge in [0.25, 0.3) is 0 Å². The van der Waals surface area contributed by atoms with Gasteiger partial charge in [-0.3, -0.25) is 0 Å². The molecule has 0 atom stereocenters. The second-order valence-corrected chi connectivity index (χ2v) is 4.64. The number of benzene rings is 1. The Balaban J connectivity index is 2.23. The van der Waals surface area contributed by atoms with Crippen LogP contribution in [0.4, 0.5) is 0 Å². The van der Waals surface area contributed by atoms with E-state index < -0.39 is 0 Å². The van der Waals surface area contributed by atoms with Crippen molar-refractivity contribution >= 4 is 0 Å². The van der Waals surface area contributed by atoms with Gasteiger partial charge in [-0.05, 0) is 31.2 Å². The fourth-order valence-corrected chi connectivity index (χ4v) is 2.52. The molecule has 82 valence electrons. The van der Waals surface area contributed by atoms with E-state index in [0.29, 0.717) is 6.04 Å². The van der Waals surface area contributed by atoms with Crippen molar-refractivity contribution in [2.24, 2.45) is 5.73 Å². The number of hydrogen-bond donors (Lipinski definition) is 2. The summed E-state index contributed by atoms with van der Waals surface area (Å²) in [7, 11) is 0. The lowest BCUT2D eigenvalue weighted by molar-refractivity contribution is 0.145. The molecule has 1 aliphatic carbocycles. The zero-order valence-electron chi connectivity index (χ0n) is 9.02. The van der Waals surface area contributed by atoms with E-state index in [4.69, 9.17) is 5.73 Å². The van der Waals surface area contributed by atoms with Crippen LogP contribution < -0.4 is 5.73 Å². The van der Waals surface area contributed by atoms with Gasteiger partial charge in [0.2, 0.25) is 0 Å². The minimum absolute atomic E-state index is 0.0306. The predicted octanol–water partition coefficient (Wildman–Crippen LogP) is 1.82. The third-order valence-corrected chi connectivity index (χ3v) is 3.68. The topological polar surface area (TPSA) is 46.2 Å². The van der Waals surface area contributed by atoms with Crippen LogP contribution in [0.25, 0.3) is 0 Å². The van der Waals surface area contributed by atoms with E-state index in [-0.39, 0.29) is 12.0 Å². The van der Waals surface area contributed by atoms with Gasteiger partial charge in [0.05, 0.1) is 6.61 Å². The van der Waals surface area contributed by atoms with Crippen molar-refractivity contribution in [1.82, 2.24) is 0 Å². The zero-order chi connectivity index (χ0) is 10.7. The minimum Gasteiger partial charge on any atom is -0.395 e. The Morgan fingerprint density at radius 2 is 1.80 bits per heavy atom. The van der Waals surface area contributed by atoms with Crippen molar-refractivity contribution in [3.63, 3.8) is 0 Å². The molecule has 2 heteroatoms. The van der Waals surface area contributed by atoms with Crippen LogP contribution in [-0.2, 0) is 5.41 Å². The molecule has 0 unspecified atom stereocenters. The molecule has 0 aliphatic heterocycles. The second kappa shape index (κ2) is 4.33. The van der Waals surface area contributed by atoms with Crippen LogP contribution in [0.15, 0.2) is 30.3 Å². The zero-order valence-corrected chi connectivity index (χ0v) is 9.02. The third-order valence-electron chi connectivity index (χ3n) is 3.68. The number of aliphatic hydroxyl groups excluding tert-OH is 1. The lowest BCUT2D eigenvalue weighted by Gasteiger charge is -2.38. The molecule has 0 bridgehead atoms. The molecule has 1 aromatic carbocycles. The van der Waals surface area contributed by atoms with Crippen LogP contribution in [0.5, 0.6) is 0 Å². The first-order valence-corrected chi connectivity index (χ1v) is 5.69. The molecule has 1 aromatic rings. The normalized spacial score (nSPS) is 31.5. The molecule has 1 aliphatic rings. The first-order valence-electron chi connectivity index (χ1n) is 5.69. The van der Waals surface area contributed by atoms with Crippen LogP contribution in [0, 0.1) is 0 Å². The fourth-order valence-electron chi connectivity index (χ4n) is 2.52. The number of rotatable bonds is 2. The van der Waals surface area contributed by atoms with Gasteiger partial charge in [-0.2, -0.15) is 0 Å². The summed E-state index contributed by atoms with van der Waals surface area (Å²) in [4.78, 5) is 0. The monoisotopic (exact) mass is 205 g/mol. The third kappa shape index (κ3) is 2.06. The van der Waals surface area contributed by atoms with E-state index >= 15 is 0 Å². The molecule has 0 heterocycles. The molecular weight excluding hydrogens is 186 g/mol. The maximum Gasteiger partial charge on any atom is 0.0527 e. The summed E-state index contributed by atoms with van der Waals surface area (Å²) in [6.45, 7) is 0.240. The average molecular weight is 205 g/mol. The Kier molecular flexibility index (Phi) is 3.08. The number of aliphatic hydroxyl groups is 1. The highest BCUT2D eigenvalue weighted by atomic mass is 16.3. The van der Waals surface area contributed by atoms with Crippen LogP contribution >= 0.6 is 0 Å². The van der Waals surface area contributed by atoms with Crippen LogP contribution in [0.3, 0.4) is 0 Å². The smallest absolute Gasteiger partial charge is 0.0527 e. The highest BCUT2D eigenvalue weighted by molar-refractivity contribution is 5.26. The molecule has 3 N–H and O–H groups in total. The molecule has 0 amide bonds. The average Bonchev–Trinajstić information content (AvgIpc) is 2.32. The summed E-state index contributed by atoms with van der Waals surface area (Å²) in [6, 6.07) is 10.7. The lowest BCUT2D eigenvalue weighted by atomic mass is 9.69. The van der Waals surface area contributed by atoms with Crippen LogP contribution in [0.2, 0.25) is 0 Å². The summed E-state index contributed by atoms with van der Waals surface area (Å²) in [5.41, 5.74) is 7.14. The van der Waals surface area contributed by atoms with Crippen molar-refractivity contribution in [2.45, 2.75) is 37.1 Å². The summed E-state index contributed by atoms with van der Waals surface area (Å²) in [5.74, 6) is 0. The van der Waals surface area contributed by atoms with Gasteiger partial charge in [-0.1, -0.05) is 30.3 Å². The van der Waals surface area contributed by atoms with Gasteiger partial charge < -0.3 is 10.8 Å². The van der Waals surface area contributed by atoms with Crippen LogP contribution in [-0.4, -0.2) is 17.8 Å². The van der Waals surface area contributed by atoms with E-state index in [0.717, 1.165) is 25.7 Å². The lowest BCUT2D eigenvalue weighted by Crippen LogP contribution is -2.39. The molecular formula is C13H19NO. The SMILES string of the molecule is NC1CCC(CO)(c2ccccc2)CC1. The van der Waals surface area contributed by atoms with Gasteiger partial charge in [0, 0.05) is 11.5 Å². The first kappa shape index (κ1) is 10.7. The molecule has 0 saturated heterocycles. The van der Waals surface area contributed by atoms with Crippen molar-refractivity contribution in [1.29, 1.82) is 0 Å². The van der Waals surface area contributed by atoms with Gasteiger partial charge in [0.1, 0.15) is 0 Å². The van der Waals surface area contributed by atoms with Crippen molar-refractivity contribution in [2.75, 3.05) is 6.61 Å². The quantitative estimate of drug-likeness (QED) is 0.773. The van der Waals surface area contributed by atoms with Gasteiger partial charge in [-0.15, -0.1) is 0 Å². The maximum atomic E-state index is 9.64. The predicted molar refractivity (Wildman–Crippen MR) is 61.6 cm³/mol. The molecule has 1 fully saturated rings. The number of nitrogens with two attached hydrogens (primary N) is 1. The summed E-state index contributed by atoms with van der Waals surface area (Å²) < 4.78 is 0. The van der Waals surface area contributed by atoms with Gasteiger partial charge in [0.15, 0.2) is 0 Å². The van der Waals surface area contributed by atoms with Gasteiger partial charge >= 0.3 is 0 Å². The highest BCUT2D eigenvalue weighted by Gasteiger charge is 2.35. The van der Waals surface area contributed by atoms with Crippen LogP contribution in [0.1, 0.15) is 31.2 Å². The molecule has 0 radical (unpaired) electrons. The molecule has 0 aromatic heterocycles. The first-order chi connectivity index (χ1) is 7.27. The Morgan fingerprint density at radius 3 is 2.33 bits per heavy atom. The minimum atomic E-state index is -0.0306. The molecule has 2 rings (SSSR count). The second-order valence-electron chi connectivity index (χ2n) is 4.64. The standard InChI is InChI=1S/C13H19NO/c14-12-6-8-13(10-15,9-7-12)11-4-2-1-3-5-11/h1-5,12,15H,6-10,14H2. The highest BCUT2D eigenvalue weighted by Crippen LogP contribution is 2.38. The maximum absolute atomic E-state index is 9.64. The number of hydrogen-bond acceptors (Lipinski definition) is 2. The summed E-state index contributed by atoms with van der Waals surface area (Å²) in [6.07, 6.45) is 4.06. The molecule has 0 spiro atoms. The van der Waals surface area contributed by atoms with Gasteiger partial charge in [-0.25, -0.2) is 0 Å². The Morgan fingerprint density at radius 1 is 1.20 bits per heavy atom. The summed E-state index contributed by atoms with van der Waals surface area (Å²) in [5, 5.41) is 9.64. The van der Waals surface area contributed by atoms with E-state index in [2.05, 4.69) is 12.1 Å². The van der Waals surface area contributed by atoms with E-state index in [1.807, 2.05) is 18.2 Å². The van der Waals surface area contributed by atoms with E-state index in [9.17, 15) is 5.11 Å². The Labute approximate surface area is 91.1 Å². The fraction of sp³-hybridized carbons (Fsp3) is 0.538. The molecule has 15 heavy (non-hydrogen) atoms. The Bertz CT molecular complexity index is 302. The van der Waals surface area contributed by atoms with Crippen molar-refractivity contribution in [3.8, 4) is 0 Å². The van der Waals surface area contributed by atoms with E-state index in [1.165, 1.54) is 5.56 Å². The van der Waals surface area contributed by atoms with E-state index in [1.54, 1.807) is 0 Å². The summed E-state index contributed by atoms with van der Waals surface area (Å²) >= 11 is 0. The van der Waals surface area contributed by atoms with Crippen molar-refractivity contribution < 1.29 is 5.11 Å². The molecule has 1 saturated carbocycles. The Hall–Kier alpha value is -0.860. The van der Waals surface area contributed by atoms with Crippen molar-refractivity contribution in [3.05, 3.63) is 35.9 Å². The molecule has 2 nitrogen and oxygen atoms in total.